The number of amides is 3. The second-order valence-corrected chi connectivity index (χ2v) is 7.08. The Balaban J connectivity index is 1.85. The maximum Gasteiger partial charge on any atom is 0.325 e. The fourth-order valence-corrected chi connectivity index (χ4v) is 3.29. The SMILES string of the molecule is COc1ccccc1C(=O)c1cc(C)ccc1NC(=O)Nc1ncc(C(N)=O)s1. The number of urea groups is 1. The predicted octanol–water partition coefficient (Wildman–Crippen LogP) is 3.43. The van der Waals surface area contributed by atoms with Gasteiger partial charge < -0.3 is 15.8 Å². The first kappa shape index (κ1) is 20.0. The van der Waals surface area contributed by atoms with E-state index in [-0.39, 0.29) is 15.8 Å². The first-order valence-corrected chi connectivity index (χ1v) is 9.32. The molecule has 148 valence electrons. The summed E-state index contributed by atoms with van der Waals surface area (Å²) in [5, 5.41) is 5.38. The van der Waals surface area contributed by atoms with Gasteiger partial charge in [-0.1, -0.05) is 35.1 Å². The molecule has 3 aromatic rings. The topological polar surface area (TPSA) is 123 Å². The van der Waals surface area contributed by atoms with E-state index >= 15 is 0 Å². The van der Waals surface area contributed by atoms with Crippen molar-refractivity contribution < 1.29 is 19.1 Å². The number of nitrogens with two attached hydrogens (primary N) is 1. The molecule has 0 bridgehead atoms. The average Bonchev–Trinajstić information content (AvgIpc) is 3.17. The van der Waals surface area contributed by atoms with E-state index in [4.69, 9.17) is 10.5 Å². The number of para-hydroxylation sites is 1. The summed E-state index contributed by atoms with van der Waals surface area (Å²) in [5.74, 6) is -0.470. The third-order valence-corrected chi connectivity index (χ3v) is 4.92. The van der Waals surface area contributed by atoms with Gasteiger partial charge in [0.05, 0.1) is 24.6 Å². The van der Waals surface area contributed by atoms with Crippen LogP contribution in [0.4, 0.5) is 15.6 Å². The Morgan fingerprint density at radius 2 is 1.83 bits per heavy atom. The first-order valence-electron chi connectivity index (χ1n) is 8.51. The number of carbonyl (C=O) groups excluding carboxylic acids is 3. The molecule has 4 N–H and O–H groups in total. The monoisotopic (exact) mass is 410 g/mol. The molecule has 0 aliphatic heterocycles. The van der Waals surface area contributed by atoms with E-state index in [0.717, 1.165) is 16.9 Å². The molecule has 0 aliphatic rings. The Morgan fingerprint density at radius 3 is 2.52 bits per heavy atom. The second kappa shape index (κ2) is 8.53. The first-order chi connectivity index (χ1) is 13.9. The number of ketones is 1. The fraction of sp³-hybridized carbons (Fsp3) is 0.100. The van der Waals surface area contributed by atoms with E-state index < -0.39 is 11.9 Å². The summed E-state index contributed by atoms with van der Waals surface area (Å²) in [6.45, 7) is 1.85. The maximum atomic E-state index is 13.1. The number of aromatic nitrogens is 1. The van der Waals surface area contributed by atoms with Crippen molar-refractivity contribution in [3.63, 3.8) is 0 Å². The minimum atomic E-state index is -0.626. The third kappa shape index (κ3) is 4.58. The molecule has 0 spiro atoms. The van der Waals surface area contributed by atoms with Gasteiger partial charge in [-0.3, -0.25) is 14.9 Å². The van der Waals surface area contributed by atoms with Crippen LogP contribution in [0.3, 0.4) is 0 Å². The van der Waals surface area contributed by atoms with Gasteiger partial charge in [-0.05, 0) is 31.2 Å². The number of carbonyl (C=O) groups is 3. The van der Waals surface area contributed by atoms with E-state index in [0.29, 0.717) is 22.6 Å². The van der Waals surface area contributed by atoms with Crippen LogP contribution in [-0.2, 0) is 0 Å². The van der Waals surface area contributed by atoms with Crippen LogP contribution >= 0.6 is 11.3 Å². The van der Waals surface area contributed by atoms with Gasteiger partial charge in [0, 0.05) is 5.56 Å². The smallest absolute Gasteiger partial charge is 0.325 e. The molecule has 1 heterocycles. The lowest BCUT2D eigenvalue weighted by atomic mass is 9.99. The average molecular weight is 410 g/mol. The fourth-order valence-electron chi connectivity index (χ4n) is 2.63. The number of rotatable bonds is 6. The van der Waals surface area contributed by atoms with Crippen LogP contribution in [0, 0.1) is 6.92 Å². The molecule has 3 amide bonds. The van der Waals surface area contributed by atoms with Gasteiger partial charge in [-0.2, -0.15) is 0 Å². The van der Waals surface area contributed by atoms with Gasteiger partial charge in [0.15, 0.2) is 10.9 Å². The normalized spacial score (nSPS) is 10.3. The van der Waals surface area contributed by atoms with Gasteiger partial charge in [0.25, 0.3) is 5.91 Å². The molecular formula is C20H18N4O4S. The number of nitrogens with one attached hydrogen (secondary N) is 2. The van der Waals surface area contributed by atoms with E-state index in [9.17, 15) is 14.4 Å². The Kier molecular flexibility index (Phi) is 5.89. The highest BCUT2D eigenvalue weighted by atomic mass is 32.1. The minimum Gasteiger partial charge on any atom is -0.496 e. The number of ether oxygens (including phenoxy) is 1. The standard InChI is InChI=1S/C20H18N4O4S/c1-11-7-8-14(23-19(27)24-20-22-10-16(29-20)18(21)26)13(9-11)17(25)12-5-3-4-6-15(12)28-2/h3-10H,1-2H3,(H2,21,26)(H2,22,23,24,27). The number of hydrogen-bond acceptors (Lipinski definition) is 6. The zero-order chi connectivity index (χ0) is 21.0. The van der Waals surface area contributed by atoms with Gasteiger partial charge in [-0.15, -0.1) is 0 Å². The molecule has 0 saturated carbocycles. The molecule has 29 heavy (non-hydrogen) atoms. The van der Waals surface area contributed by atoms with Crippen molar-refractivity contribution in [2.45, 2.75) is 6.92 Å². The summed E-state index contributed by atoms with van der Waals surface area (Å²) in [5.41, 5.74) is 7.08. The molecule has 0 unspecified atom stereocenters. The number of thiazole rings is 1. The summed E-state index contributed by atoms with van der Waals surface area (Å²) in [6, 6.07) is 11.4. The summed E-state index contributed by atoms with van der Waals surface area (Å²) in [7, 11) is 1.49. The van der Waals surface area contributed by atoms with Crippen molar-refractivity contribution in [3.8, 4) is 5.75 Å². The van der Waals surface area contributed by atoms with Crippen LogP contribution in [0.1, 0.15) is 31.2 Å². The van der Waals surface area contributed by atoms with Gasteiger partial charge in [-0.25, -0.2) is 9.78 Å². The van der Waals surface area contributed by atoms with Crippen LogP contribution in [0.15, 0.2) is 48.7 Å². The molecule has 8 nitrogen and oxygen atoms in total. The highest BCUT2D eigenvalue weighted by Gasteiger charge is 2.19. The van der Waals surface area contributed by atoms with Crippen molar-refractivity contribution in [1.29, 1.82) is 0 Å². The number of benzene rings is 2. The lowest BCUT2D eigenvalue weighted by molar-refractivity contribution is 0.100. The van der Waals surface area contributed by atoms with Gasteiger partial charge in [0.1, 0.15) is 10.6 Å². The molecule has 3 rings (SSSR count). The molecule has 0 saturated heterocycles. The lowest BCUT2D eigenvalue weighted by Crippen LogP contribution is -2.21. The number of methoxy groups -OCH3 is 1. The van der Waals surface area contributed by atoms with Crippen molar-refractivity contribution in [2.24, 2.45) is 5.73 Å². The van der Waals surface area contributed by atoms with Crippen molar-refractivity contribution in [1.82, 2.24) is 4.98 Å². The zero-order valence-electron chi connectivity index (χ0n) is 15.7. The van der Waals surface area contributed by atoms with Crippen LogP contribution in [0.25, 0.3) is 0 Å². The Labute approximate surface area is 170 Å². The maximum absolute atomic E-state index is 13.1. The summed E-state index contributed by atoms with van der Waals surface area (Å²) >= 11 is 0.954. The number of primary amides is 1. The molecular weight excluding hydrogens is 392 g/mol. The van der Waals surface area contributed by atoms with Crippen LogP contribution in [0.5, 0.6) is 5.75 Å². The number of aryl methyl sites for hydroxylation is 1. The number of nitrogens with zero attached hydrogens (tertiary/aromatic N) is 1. The highest BCUT2D eigenvalue weighted by Crippen LogP contribution is 2.26. The van der Waals surface area contributed by atoms with Crippen molar-refractivity contribution >= 4 is 39.9 Å². The molecule has 1 aromatic heterocycles. The highest BCUT2D eigenvalue weighted by molar-refractivity contribution is 7.17. The lowest BCUT2D eigenvalue weighted by Gasteiger charge is -2.13. The summed E-state index contributed by atoms with van der Waals surface area (Å²) < 4.78 is 5.27. The number of hydrogen-bond donors (Lipinski definition) is 3. The Morgan fingerprint density at radius 1 is 1.07 bits per heavy atom. The van der Waals surface area contributed by atoms with Crippen LogP contribution in [0.2, 0.25) is 0 Å². The Bertz CT molecular complexity index is 1090. The minimum absolute atomic E-state index is 0.209. The van der Waals surface area contributed by atoms with E-state index in [1.54, 1.807) is 42.5 Å². The molecule has 0 aliphatic carbocycles. The van der Waals surface area contributed by atoms with Crippen molar-refractivity contribution in [2.75, 3.05) is 17.7 Å². The molecule has 0 fully saturated rings. The van der Waals surface area contributed by atoms with E-state index in [1.165, 1.54) is 13.3 Å². The van der Waals surface area contributed by atoms with E-state index in [2.05, 4.69) is 15.6 Å². The molecule has 0 radical (unpaired) electrons. The van der Waals surface area contributed by atoms with Crippen molar-refractivity contribution in [3.05, 3.63) is 70.2 Å². The number of anilines is 2. The van der Waals surface area contributed by atoms with Gasteiger partial charge >= 0.3 is 6.03 Å². The largest absolute Gasteiger partial charge is 0.496 e. The Hall–Kier alpha value is -3.72. The third-order valence-electron chi connectivity index (χ3n) is 3.99. The predicted molar refractivity (Wildman–Crippen MR) is 111 cm³/mol. The van der Waals surface area contributed by atoms with E-state index in [1.807, 2.05) is 6.92 Å². The molecule has 2 aromatic carbocycles. The zero-order valence-corrected chi connectivity index (χ0v) is 16.5. The summed E-state index contributed by atoms with van der Waals surface area (Å²) in [6.07, 6.45) is 1.28. The molecule has 0 atom stereocenters. The van der Waals surface area contributed by atoms with Crippen LogP contribution in [-0.4, -0.2) is 29.8 Å². The molecule has 9 heteroatoms. The quantitative estimate of drug-likeness (QED) is 0.537. The summed E-state index contributed by atoms with van der Waals surface area (Å²) in [4.78, 5) is 40.8. The van der Waals surface area contributed by atoms with Gasteiger partial charge in [0.2, 0.25) is 0 Å². The second-order valence-electron chi connectivity index (χ2n) is 6.05. The van der Waals surface area contributed by atoms with Crippen LogP contribution < -0.4 is 21.1 Å².